The average molecular weight is 168 g/mol. The van der Waals surface area contributed by atoms with E-state index in [0.29, 0.717) is 12.7 Å². The van der Waals surface area contributed by atoms with Crippen LogP contribution in [0.3, 0.4) is 0 Å². The smallest absolute Gasteiger partial charge is 0.119 e. The number of nitrogens with one attached hydrogen (secondary N) is 1. The molecule has 1 saturated heterocycles. The fourth-order valence-corrected chi connectivity index (χ4v) is 1.32. The number of hydrogen-bond donors (Lipinski definition) is 1. The van der Waals surface area contributed by atoms with Gasteiger partial charge in [0.1, 0.15) is 6.04 Å². The Morgan fingerprint density at radius 2 is 2.50 bits per heavy atom. The lowest BCUT2D eigenvalue weighted by Crippen LogP contribution is -2.45. The van der Waals surface area contributed by atoms with Crippen LogP contribution in [0.25, 0.3) is 0 Å². The highest BCUT2D eigenvalue weighted by Crippen LogP contribution is 2.08. The predicted molar refractivity (Wildman–Crippen MR) is 46.7 cm³/mol. The van der Waals surface area contributed by atoms with Crippen molar-refractivity contribution >= 4 is 0 Å². The zero-order valence-corrected chi connectivity index (χ0v) is 7.55. The van der Waals surface area contributed by atoms with E-state index in [2.05, 4.69) is 18.3 Å². The first-order chi connectivity index (χ1) is 5.86. The maximum atomic E-state index is 8.56. The third-order valence-electron chi connectivity index (χ3n) is 2.13. The second-order valence-electron chi connectivity index (χ2n) is 3.19. The summed E-state index contributed by atoms with van der Waals surface area (Å²) in [5, 5.41) is 11.7. The van der Waals surface area contributed by atoms with E-state index in [1.54, 1.807) is 0 Å². The molecule has 1 aliphatic heterocycles. The van der Waals surface area contributed by atoms with Gasteiger partial charge in [-0.25, -0.2) is 0 Å². The first-order valence-electron chi connectivity index (χ1n) is 4.61. The molecule has 0 aromatic carbocycles. The SMILES string of the molecule is CCCCC1CNC(C#N)CO1. The van der Waals surface area contributed by atoms with Crippen LogP contribution in [0.5, 0.6) is 0 Å². The first-order valence-corrected chi connectivity index (χ1v) is 4.61. The van der Waals surface area contributed by atoms with Crippen molar-refractivity contribution in [3.8, 4) is 6.07 Å². The maximum Gasteiger partial charge on any atom is 0.119 e. The summed E-state index contributed by atoms with van der Waals surface area (Å²) in [6.07, 6.45) is 3.86. The highest BCUT2D eigenvalue weighted by molar-refractivity contribution is 4.92. The van der Waals surface area contributed by atoms with E-state index >= 15 is 0 Å². The van der Waals surface area contributed by atoms with Gasteiger partial charge in [-0.2, -0.15) is 5.26 Å². The van der Waals surface area contributed by atoms with Crippen molar-refractivity contribution in [2.45, 2.75) is 38.3 Å². The first kappa shape index (κ1) is 9.50. The number of ether oxygens (including phenoxy) is 1. The van der Waals surface area contributed by atoms with Crippen molar-refractivity contribution in [2.24, 2.45) is 0 Å². The molecule has 3 nitrogen and oxygen atoms in total. The summed E-state index contributed by atoms with van der Waals surface area (Å²) in [6.45, 7) is 3.55. The Kier molecular flexibility index (Phi) is 4.06. The Balaban J connectivity index is 2.14. The van der Waals surface area contributed by atoms with Gasteiger partial charge in [0.15, 0.2) is 0 Å². The highest BCUT2D eigenvalue weighted by Gasteiger charge is 2.19. The average Bonchev–Trinajstić information content (AvgIpc) is 2.15. The van der Waals surface area contributed by atoms with Crippen LogP contribution < -0.4 is 5.32 Å². The molecule has 0 amide bonds. The molecule has 0 saturated carbocycles. The van der Waals surface area contributed by atoms with E-state index in [0.717, 1.165) is 13.0 Å². The highest BCUT2D eigenvalue weighted by atomic mass is 16.5. The summed E-state index contributed by atoms with van der Waals surface area (Å²) in [4.78, 5) is 0. The van der Waals surface area contributed by atoms with Gasteiger partial charge in [-0.1, -0.05) is 19.8 Å². The summed E-state index contributed by atoms with van der Waals surface area (Å²) < 4.78 is 5.50. The van der Waals surface area contributed by atoms with Crippen molar-refractivity contribution in [3.63, 3.8) is 0 Å². The quantitative estimate of drug-likeness (QED) is 0.685. The van der Waals surface area contributed by atoms with Crippen molar-refractivity contribution in [3.05, 3.63) is 0 Å². The molecule has 2 atom stereocenters. The largest absolute Gasteiger partial charge is 0.374 e. The van der Waals surface area contributed by atoms with Crippen LogP contribution in [0.2, 0.25) is 0 Å². The maximum absolute atomic E-state index is 8.56. The van der Waals surface area contributed by atoms with Gasteiger partial charge in [0, 0.05) is 6.54 Å². The van der Waals surface area contributed by atoms with Gasteiger partial charge in [-0.15, -0.1) is 0 Å². The van der Waals surface area contributed by atoms with Gasteiger partial charge in [0.2, 0.25) is 0 Å². The van der Waals surface area contributed by atoms with Gasteiger partial charge >= 0.3 is 0 Å². The molecule has 1 rings (SSSR count). The molecule has 1 aliphatic rings. The molecular formula is C9H16N2O. The number of nitrogens with zero attached hydrogens (tertiary/aromatic N) is 1. The molecule has 68 valence electrons. The van der Waals surface area contributed by atoms with E-state index in [1.165, 1.54) is 12.8 Å². The van der Waals surface area contributed by atoms with Crippen LogP contribution in [-0.4, -0.2) is 25.3 Å². The molecule has 0 spiro atoms. The molecule has 12 heavy (non-hydrogen) atoms. The summed E-state index contributed by atoms with van der Waals surface area (Å²) in [5.41, 5.74) is 0. The van der Waals surface area contributed by atoms with E-state index in [9.17, 15) is 0 Å². The van der Waals surface area contributed by atoms with Gasteiger partial charge in [-0.3, -0.25) is 5.32 Å². The van der Waals surface area contributed by atoms with E-state index in [-0.39, 0.29) is 6.04 Å². The topological polar surface area (TPSA) is 45.0 Å². The predicted octanol–water partition coefficient (Wildman–Crippen LogP) is 1.06. The van der Waals surface area contributed by atoms with Crippen LogP contribution in [0.1, 0.15) is 26.2 Å². The summed E-state index contributed by atoms with van der Waals surface area (Å²) in [7, 11) is 0. The zero-order chi connectivity index (χ0) is 8.81. The summed E-state index contributed by atoms with van der Waals surface area (Å²) in [6, 6.07) is 2.05. The summed E-state index contributed by atoms with van der Waals surface area (Å²) >= 11 is 0. The van der Waals surface area contributed by atoms with E-state index in [4.69, 9.17) is 10.00 Å². The molecule has 0 aromatic heterocycles. The second kappa shape index (κ2) is 5.13. The Hall–Kier alpha value is -0.590. The molecule has 0 aliphatic carbocycles. The number of nitriles is 1. The minimum atomic E-state index is -0.0946. The molecule has 0 bridgehead atoms. The van der Waals surface area contributed by atoms with Crippen LogP contribution in [0, 0.1) is 11.3 Å². The van der Waals surface area contributed by atoms with Crippen molar-refractivity contribution in [1.82, 2.24) is 5.32 Å². The van der Waals surface area contributed by atoms with Gasteiger partial charge in [-0.05, 0) is 6.42 Å². The van der Waals surface area contributed by atoms with Crippen molar-refractivity contribution in [2.75, 3.05) is 13.2 Å². The van der Waals surface area contributed by atoms with Crippen LogP contribution in [0.15, 0.2) is 0 Å². The number of unbranched alkanes of at least 4 members (excludes halogenated alkanes) is 1. The molecule has 0 aromatic rings. The van der Waals surface area contributed by atoms with Crippen molar-refractivity contribution < 1.29 is 4.74 Å². The molecule has 1 fully saturated rings. The summed E-state index contributed by atoms with van der Waals surface area (Å²) in [5.74, 6) is 0. The molecular weight excluding hydrogens is 152 g/mol. The monoisotopic (exact) mass is 168 g/mol. The lowest BCUT2D eigenvalue weighted by atomic mass is 10.1. The number of morpholine rings is 1. The van der Waals surface area contributed by atoms with E-state index in [1.807, 2.05) is 0 Å². The van der Waals surface area contributed by atoms with Gasteiger partial charge < -0.3 is 4.74 Å². The molecule has 1 heterocycles. The molecule has 3 heteroatoms. The third-order valence-corrected chi connectivity index (χ3v) is 2.13. The minimum absolute atomic E-state index is 0.0946. The van der Waals surface area contributed by atoms with Crippen molar-refractivity contribution in [1.29, 1.82) is 5.26 Å². The molecule has 1 N–H and O–H groups in total. The lowest BCUT2D eigenvalue weighted by Gasteiger charge is -2.26. The number of rotatable bonds is 3. The number of hydrogen-bond acceptors (Lipinski definition) is 3. The standard InChI is InChI=1S/C9H16N2O/c1-2-3-4-9-6-11-8(5-10)7-12-9/h8-9,11H,2-4,6-7H2,1H3. The van der Waals surface area contributed by atoms with Crippen LogP contribution in [-0.2, 0) is 4.74 Å². The lowest BCUT2D eigenvalue weighted by molar-refractivity contribution is 0.00958. The van der Waals surface area contributed by atoms with Gasteiger partial charge in [0.05, 0.1) is 18.8 Å². The fraction of sp³-hybridized carbons (Fsp3) is 0.889. The minimum Gasteiger partial charge on any atom is -0.374 e. The van der Waals surface area contributed by atoms with Gasteiger partial charge in [0.25, 0.3) is 0 Å². The fourth-order valence-electron chi connectivity index (χ4n) is 1.32. The van der Waals surface area contributed by atoms with E-state index < -0.39 is 0 Å². The second-order valence-corrected chi connectivity index (χ2v) is 3.19. The Labute approximate surface area is 73.7 Å². The zero-order valence-electron chi connectivity index (χ0n) is 7.55. The Morgan fingerprint density at radius 1 is 1.67 bits per heavy atom. The normalized spacial score (nSPS) is 29.7. The Bertz CT molecular complexity index is 156. The van der Waals surface area contributed by atoms with Crippen LogP contribution >= 0.6 is 0 Å². The Morgan fingerprint density at radius 3 is 3.00 bits per heavy atom. The van der Waals surface area contributed by atoms with Crippen LogP contribution in [0.4, 0.5) is 0 Å². The third kappa shape index (κ3) is 2.80. The molecule has 2 unspecified atom stereocenters. The molecule has 0 radical (unpaired) electrons.